The number of alkyl halides is 3. The van der Waals surface area contributed by atoms with Crippen LogP contribution in [0.4, 0.5) is 14.5 Å². The lowest BCUT2D eigenvalue weighted by molar-refractivity contribution is -0.119. The summed E-state index contributed by atoms with van der Waals surface area (Å²) in [5, 5.41) is 5.54. The van der Waals surface area contributed by atoms with Crippen LogP contribution in [0.3, 0.4) is 0 Å². The fourth-order valence-electron chi connectivity index (χ4n) is 3.97. The number of nitrogens with one attached hydrogen (secondary N) is 2. The molecule has 5 rings (SSSR count). The predicted molar refractivity (Wildman–Crippen MR) is 123 cm³/mol. The number of amides is 2. The van der Waals surface area contributed by atoms with Crippen molar-refractivity contribution in [3.8, 4) is 16.9 Å². The topological polar surface area (TPSA) is 111 Å². The Bertz CT molecular complexity index is 1410. The molecule has 1 saturated heterocycles. The van der Waals surface area contributed by atoms with Crippen LogP contribution in [0.1, 0.15) is 22.8 Å². The number of carbonyl (C=O) groups excluding carboxylic acids is 2. The van der Waals surface area contributed by atoms with Gasteiger partial charge in [-0.3, -0.25) is 9.59 Å². The molecule has 0 bridgehead atoms. The van der Waals surface area contributed by atoms with Crippen molar-refractivity contribution in [1.82, 2.24) is 24.8 Å². The second-order valence-electron chi connectivity index (χ2n) is 7.86. The highest BCUT2D eigenvalue weighted by atomic mass is 35.5. The highest BCUT2D eigenvalue weighted by Gasteiger charge is 2.28. The molecule has 1 atom stereocenters. The van der Waals surface area contributed by atoms with Crippen molar-refractivity contribution in [2.45, 2.75) is 18.0 Å². The number of aromatic nitrogens is 4. The molecule has 0 spiro atoms. The number of carbonyl (C=O) groups is 2. The molecule has 4 aromatic rings. The Kier molecular flexibility index (Phi) is 5.77. The third-order valence-electron chi connectivity index (χ3n) is 5.50. The third-order valence-corrected chi connectivity index (χ3v) is 5.58. The number of nitrogens with zero attached hydrogens (tertiary/aromatic N) is 4. The molecule has 1 unspecified atom stereocenters. The largest absolute Gasteiger partial charge is 0.487 e. The standard InChI is InChI=1S/C23H17ClF2N6O3/c24-23(25,26)35-17-3-1-15(2-4-17)31-22(34)13-5-18(14-8-27-11-28-9-14)21-19(6-13)30-12-32(21)16-7-20(33)29-10-16/h1-6,8-9,11-12,16H,7,10H2,(H,29,33)(H,31,34). The van der Waals surface area contributed by atoms with Crippen LogP contribution in [0.2, 0.25) is 0 Å². The SMILES string of the molecule is O=C1CC(n2cnc3cc(C(=O)Nc4ccc(OC(F)(F)Cl)cc4)cc(-c4cncnc4)c32)CN1. The van der Waals surface area contributed by atoms with E-state index in [0.717, 1.165) is 5.52 Å². The zero-order chi connectivity index (χ0) is 24.6. The highest BCUT2D eigenvalue weighted by Crippen LogP contribution is 2.33. The number of rotatable bonds is 6. The van der Waals surface area contributed by atoms with Crippen LogP contribution in [0.5, 0.6) is 5.75 Å². The lowest BCUT2D eigenvalue weighted by Gasteiger charge is -2.15. The number of halogens is 3. The van der Waals surface area contributed by atoms with Crippen LogP contribution < -0.4 is 15.4 Å². The molecule has 0 saturated carbocycles. The predicted octanol–water partition coefficient (Wildman–Crippen LogP) is 3.97. The second-order valence-corrected chi connectivity index (χ2v) is 8.30. The number of fused-ring (bicyclic) bond motifs is 1. The smallest absolute Gasteiger partial charge is 0.420 e. The van der Waals surface area contributed by atoms with E-state index >= 15 is 0 Å². The molecule has 0 aliphatic carbocycles. The van der Waals surface area contributed by atoms with Crippen molar-refractivity contribution in [3.63, 3.8) is 0 Å². The van der Waals surface area contributed by atoms with E-state index in [9.17, 15) is 18.4 Å². The average molecular weight is 499 g/mol. The molecule has 178 valence electrons. The van der Waals surface area contributed by atoms with Gasteiger partial charge in [0.2, 0.25) is 5.91 Å². The molecule has 3 heterocycles. The van der Waals surface area contributed by atoms with E-state index in [1.54, 1.807) is 30.9 Å². The summed E-state index contributed by atoms with van der Waals surface area (Å²) in [6, 6.07) is 8.59. The van der Waals surface area contributed by atoms with Crippen LogP contribution in [0.15, 0.2) is 61.4 Å². The molecular formula is C23H17ClF2N6O3. The van der Waals surface area contributed by atoms with Gasteiger partial charge in [-0.25, -0.2) is 15.0 Å². The van der Waals surface area contributed by atoms with Crippen LogP contribution in [-0.2, 0) is 4.79 Å². The van der Waals surface area contributed by atoms with Gasteiger partial charge in [-0.1, -0.05) is 0 Å². The van der Waals surface area contributed by atoms with E-state index in [1.165, 1.54) is 30.6 Å². The van der Waals surface area contributed by atoms with E-state index in [0.29, 0.717) is 40.9 Å². The Morgan fingerprint density at radius 2 is 1.94 bits per heavy atom. The number of ether oxygens (including phenoxy) is 1. The number of hydrogen-bond acceptors (Lipinski definition) is 6. The van der Waals surface area contributed by atoms with Gasteiger partial charge in [0.15, 0.2) is 0 Å². The Balaban J connectivity index is 1.49. The minimum Gasteiger partial charge on any atom is -0.420 e. The second kappa shape index (κ2) is 8.91. The molecule has 1 fully saturated rings. The molecule has 2 aromatic carbocycles. The van der Waals surface area contributed by atoms with E-state index in [-0.39, 0.29) is 17.7 Å². The van der Waals surface area contributed by atoms with Crippen molar-refractivity contribution in [3.05, 3.63) is 67.0 Å². The lowest BCUT2D eigenvalue weighted by atomic mass is 10.0. The summed E-state index contributed by atoms with van der Waals surface area (Å²) in [6.45, 7) is 0.479. The average Bonchev–Trinajstić information content (AvgIpc) is 3.45. The number of hydrogen-bond donors (Lipinski definition) is 2. The molecule has 9 nitrogen and oxygen atoms in total. The maximum atomic E-state index is 13.1. The van der Waals surface area contributed by atoms with Gasteiger partial charge in [-0.15, -0.1) is 8.78 Å². The molecule has 2 N–H and O–H groups in total. The number of benzene rings is 2. The van der Waals surface area contributed by atoms with Crippen molar-refractivity contribution in [1.29, 1.82) is 0 Å². The molecule has 35 heavy (non-hydrogen) atoms. The zero-order valence-corrected chi connectivity index (χ0v) is 18.7. The monoisotopic (exact) mass is 498 g/mol. The Morgan fingerprint density at radius 3 is 2.60 bits per heavy atom. The third kappa shape index (κ3) is 4.90. The maximum absolute atomic E-state index is 13.1. The van der Waals surface area contributed by atoms with Gasteiger partial charge < -0.3 is 19.9 Å². The minimum absolute atomic E-state index is 0.0383. The fourth-order valence-corrected chi connectivity index (χ4v) is 4.06. The Morgan fingerprint density at radius 1 is 1.20 bits per heavy atom. The molecule has 12 heteroatoms. The Labute approximate surface area is 202 Å². The summed E-state index contributed by atoms with van der Waals surface area (Å²) >= 11 is 4.77. The van der Waals surface area contributed by atoms with E-state index in [1.807, 2.05) is 4.57 Å². The molecule has 1 aliphatic heterocycles. The highest BCUT2D eigenvalue weighted by molar-refractivity contribution is 6.20. The summed E-state index contributed by atoms with van der Waals surface area (Å²) in [4.78, 5) is 37.5. The quantitative estimate of drug-likeness (QED) is 0.389. The molecular weight excluding hydrogens is 482 g/mol. The molecule has 2 aromatic heterocycles. The minimum atomic E-state index is -3.83. The van der Waals surface area contributed by atoms with E-state index in [4.69, 9.17) is 11.6 Å². The van der Waals surface area contributed by atoms with Gasteiger partial charge in [0.1, 0.15) is 12.1 Å². The van der Waals surface area contributed by atoms with Gasteiger partial charge in [0, 0.05) is 59.3 Å². The summed E-state index contributed by atoms with van der Waals surface area (Å²) in [6.07, 6.45) is 6.64. The summed E-state index contributed by atoms with van der Waals surface area (Å²) < 4.78 is 31.8. The van der Waals surface area contributed by atoms with Crippen LogP contribution in [0.25, 0.3) is 22.2 Å². The molecule has 0 radical (unpaired) electrons. The van der Waals surface area contributed by atoms with E-state index in [2.05, 4.69) is 30.3 Å². The molecule has 1 aliphatic rings. The van der Waals surface area contributed by atoms with Gasteiger partial charge in [0.05, 0.1) is 23.4 Å². The summed E-state index contributed by atoms with van der Waals surface area (Å²) in [5.74, 6) is -0.626. The van der Waals surface area contributed by atoms with Crippen molar-refractivity contribution < 1.29 is 23.1 Å². The first-order chi connectivity index (χ1) is 16.8. The van der Waals surface area contributed by atoms with Crippen molar-refractivity contribution in [2.24, 2.45) is 0 Å². The summed E-state index contributed by atoms with van der Waals surface area (Å²) in [7, 11) is 0. The number of imidazole rings is 1. The van der Waals surface area contributed by atoms with E-state index < -0.39 is 11.5 Å². The zero-order valence-electron chi connectivity index (χ0n) is 17.9. The first-order valence-electron chi connectivity index (χ1n) is 10.5. The number of anilines is 1. The first kappa shape index (κ1) is 22.7. The van der Waals surface area contributed by atoms with Gasteiger partial charge in [-0.05, 0) is 36.4 Å². The maximum Gasteiger partial charge on any atom is 0.487 e. The fraction of sp³-hybridized carbons (Fsp3) is 0.174. The van der Waals surface area contributed by atoms with Crippen LogP contribution >= 0.6 is 11.6 Å². The van der Waals surface area contributed by atoms with Crippen LogP contribution in [0, 0.1) is 0 Å². The van der Waals surface area contributed by atoms with Crippen molar-refractivity contribution >= 4 is 40.1 Å². The van der Waals surface area contributed by atoms with Crippen LogP contribution in [-0.4, -0.2) is 43.4 Å². The Hall–Kier alpha value is -4.12. The van der Waals surface area contributed by atoms with Gasteiger partial charge >= 0.3 is 5.57 Å². The lowest BCUT2D eigenvalue weighted by Crippen LogP contribution is -2.16. The normalized spacial score (nSPS) is 15.7. The first-order valence-corrected chi connectivity index (χ1v) is 10.8. The van der Waals surface area contributed by atoms with Gasteiger partial charge in [-0.2, -0.15) is 0 Å². The van der Waals surface area contributed by atoms with Crippen molar-refractivity contribution in [2.75, 3.05) is 11.9 Å². The summed E-state index contributed by atoms with van der Waals surface area (Å²) in [5.41, 5.74) is -0.484. The molecule has 2 amide bonds. The van der Waals surface area contributed by atoms with Gasteiger partial charge in [0.25, 0.3) is 5.91 Å².